The number of carboxylic acid groups (broad SMARTS) is 1. The molecule has 2 rings (SSSR count). The molecular weight excluding hydrogens is 168 g/mol. The van der Waals surface area contributed by atoms with Crippen LogP contribution in [0.2, 0.25) is 0 Å². The van der Waals surface area contributed by atoms with E-state index in [9.17, 15) is 4.79 Å². The molecule has 4 nitrogen and oxygen atoms in total. The fraction of sp³-hybridized carbons (Fsp3) is 0.444. The van der Waals surface area contributed by atoms with Crippen LogP contribution in [0.15, 0.2) is 12.1 Å². The third-order valence-corrected chi connectivity index (χ3v) is 2.31. The largest absolute Gasteiger partial charge is 0.481 e. The Hall–Kier alpha value is -1.29. The van der Waals surface area contributed by atoms with Gasteiger partial charge in [0.1, 0.15) is 0 Å². The first-order chi connectivity index (χ1) is 6.27. The minimum atomic E-state index is -0.764. The number of nitrogens with zero attached hydrogens (tertiary/aromatic N) is 1. The van der Waals surface area contributed by atoms with Crippen LogP contribution in [0.1, 0.15) is 11.4 Å². The van der Waals surface area contributed by atoms with Crippen LogP contribution in [0.3, 0.4) is 0 Å². The minimum absolute atomic E-state index is 0.125. The summed E-state index contributed by atoms with van der Waals surface area (Å²) in [6, 6.07) is 3.89. The van der Waals surface area contributed by atoms with E-state index in [1.165, 1.54) is 5.69 Å². The van der Waals surface area contributed by atoms with E-state index in [1.54, 1.807) is 0 Å². The maximum atomic E-state index is 10.5. The summed E-state index contributed by atoms with van der Waals surface area (Å²) < 4.78 is 2.09. The predicted octanol–water partition coefficient (Wildman–Crippen LogP) is 0.218. The highest BCUT2D eigenvalue weighted by molar-refractivity contribution is 5.69. The summed E-state index contributed by atoms with van der Waals surface area (Å²) in [5, 5.41) is 11.9. The summed E-state index contributed by atoms with van der Waals surface area (Å²) in [7, 11) is 0. The van der Waals surface area contributed by atoms with E-state index in [0.29, 0.717) is 0 Å². The number of rotatable bonds is 2. The van der Waals surface area contributed by atoms with Crippen LogP contribution in [0.4, 0.5) is 0 Å². The summed E-state index contributed by atoms with van der Waals surface area (Å²) in [6.07, 6.45) is 0.125. The molecular formula is C9H12N2O2. The molecule has 0 saturated heterocycles. The van der Waals surface area contributed by atoms with Crippen LogP contribution in [0.25, 0.3) is 0 Å². The molecule has 1 aromatic rings. The fourth-order valence-corrected chi connectivity index (χ4v) is 1.71. The van der Waals surface area contributed by atoms with Crippen molar-refractivity contribution in [1.82, 2.24) is 9.88 Å². The molecule has 4 heteroatoms. The molecule has 1 aliphatic rings. The predicted molar refractivity (Wildman–Crippen MR) is 47.5 cm³/mol. The molecule has 2 N–H and O–H groups in total. The first kappa shape index (κ1) is 8.31. The zero-order chi connectivity index (χ0) is 9.26. The third-order valence-electron chi connectivity index (χ3n) is 2.31. The number of fused-ring (bicyclic) bond motifs is 1. The summed E-state index contributed by atoms with van der Waals surface area (Å²) in [5.74, 6) is -0.764. The molecule has 70 valence electrons. The first-order valence-corrected chi connectivity index (χ1v) is 4.37. The number of aromatic nitrogens is 1. The van der Waals surface area contributed by atoms with Crippen molar-refractivity contribution in [2.45, 2.75) is 19.5 Å². The topological polar surface area (TPSA) is 54.3 Å². The summed E-state index contributed by atoms with van der Waals surface area (Å²) in [6.45, 7) is 2.65. The van der Waals surface area contributed by atoms with Crippen LogP contribution < -0.4 is 5.32 Å². The number of hydrogen-bond acceptors (Lipinski definition) is 2. The van der Waals surface area contributed by atoms with Crippen molar-refractivity contribution in [3.8, 4) is 0 Å². The monoisotopic (exact) mass is 180 g/mol. The Labute approximate surface area is 76.2 Å². The molecule has 0 aliphatic carbocycles. The lowest BCUT2D eigenvalue weighted by molar-refractivity contribution is -0.136. The number of hydrogen-bond donors (Lipinski definition) is 2. The molecule has 1 aliphatic heterocycles. The van der Waals surface area contributed by atoms with Gasteiger partial charge in [0.2, 0.25) is 0 Å². The highest BCUT2D eigenvalue weighted by Crippen LogP contribution is 2.12. The normalized spacial score (nSPS) is 15.4. The standard InChI is InChI=1S/C9H12N2O2/c12-9(13)5-7-1-2-8-6-10-3-4-11(7)8/h1-2,10H,3-6H2,(H,12,13). The van der Waals surface area contributed by atoms with E-state index in [-0.39, 0.29) is 6.42 Å². The average molecular weight is 180 g/mol. The maximum Gasteiger partial charge on any atom is 0.309 e. The lowest BCUT2D eigenvalue weighted by Gasteiger charge is -2.18. The lowest BCUT2D eigenvalue weighted by atomic mass is 10.3. The van der Waals surface area contributed by atoms with E-state index in [2.05, 4.69) is 9.88 Å². The molecule has 0 radical (unpaired) electrons. The molecule has 2 heterocycles. The van der Waals surface area contributed by atoms with Crippen molar-refractivity contribution in [1.29, 1.82) is 0 Å². The van der Waals surface area contributed by atoms with Crippen LogP contribution >= 0.6 is 0 Å². The summed E-state index contributed by atoms with van der Waals surface area (Å²) in [5.41, 5.74) is 2.09. The van der Waals surface area contributed by atoms with Crippen LogP contribution in [-0.2, 0) is 24.3 Å². The minimum Gasteiger partial charge on any atom is -0.481 e. The third kappa shape index (κ3) is 1.58. The Morgan fingerprint density at radius 3 is 3.23 bits per heavy atom. The van der Waals surface area contributed by atoms with Crippen LogP contribution in [-0.4, -0.2) is 22.2 Å². The van der Waals surface area contributed by atoms with Gasteiger partial charge in [0.15, 0.2) is 0 Å². The van der Waals surface area contributed by atoms with Crippen LogP contribution in [0, 0.1) is 0 Å². The van der Waals surface area contributed by atoms with E-state index < -0.39 is 5.97 Å². The van der Waals surface area contributed by atoms with Gasteiger partial charge in [-0.2, -0.15) is 0 Å². The van der Waals surface area contributed by atoms with Gasteiger partial charge in [0.25, 0.3) is 0 Å². The van der Waals surface area contributed by atoms with E-state index in [4.69, 9.17) is 5.11 Å². The number of aliphatic carboxylic acids is 1. The quantitative estimate of drug-likeness (QED) is 0.684. The Kier molecular flexibility index (Phi) is 2.06. The zero-order valence-corrected chi connectivity index (χ0v) is 7.29. The molecule has 0 bridgehead atoms. The first-order valence-electron chi connectivity index (χ1n) is 4.37. The lowest BCUT2D eigenvalue weighted by Crippen LogP contribution is -2.28. The van der Waals surface area contributed by atoms with Crippen molar-refractivity contribution >= 4 is 5.97 Å². The molecule has 13 heavy (non-hydrogen) atoms. The highest BCUT2D eigenvalue weighted by atomic mass is 16.4. The van der Waals surface area contributed by atoms with Gasteiger partial charge in [-0.25, -0.2) is 0 Å². The number of carbonyl (C=O) groups is 1. The van der Waals surface area contributed by atoms with Crippen LogP contribution in [0.5, 0.6) is 0 Å². The van der Waals surface area contributed by atoms with E-state index in [0.717, 1.165) is 25.3 Å². The molecule has 0 unspecified atom stereocenters. The van der Waals surface area contributed by atoms with Gasteiger partial charge in [-0.15, -0.1) is 0 Å². The Morgan fingerprint density at radius 2 is 2.46 bits per heavy atom. The van der Waals surface area contributed by atoms with Gasteiger partial charge < -0.3 is 15.0 Å². The summed E-state index contributed by atoms with van der Waals surface area (Å²) in [4.78, 5) is 10.5. The van der Waals surface area contributed by atoms with Crippen molar-refractivity contribution in [3.05, 3.63) is 23.5 Å². The van der Waals surface area contributed by atoms with Gasteiger partial charge in [-0.1, -0.05) is 0 Å². The average Bonchev–Trinajstić information content (AvgIpc) is 2.48. The van der Waals surface area contributed by atoms with Gasteiger partial charge in [-0.3, -0.25) is 4.79 Å². The zero-order valence-electron chi connectivity index (χ0n) is 7.29. The molecule has 0 atom stereocenters. The summed E-state index contributed by atoms with van der Waals surface area (Å²) >= 11 is 0. The number of carboxylic acids is 1. The second-order valence-corrected chi connectivity index (χ2v) is 3.21. The molecule has 0 fully saturated rings. The van der Waals surface area contributed by atoms with Gasteiger partial charge in [-0.05, 0) is 12.1 Å². The molecule has 0 saturated carbocycles. The van der Waals surface area contributed by atoms with E-state index >= 15 is 0 Å². The molecule has 0 amide bonds. The Bertz CT molecular complexity index is 330. The Morgan fingerprint density at radius 1 is 1.62 bits per heavy atom. The fourth-order valence-electron chi connectivity index (χ4n) is 1.71. The van der Waals surface area contributed by atoms with E-state index in [1.807, 2.05) is 12.1 Å². The Balaban J connectivity index is 2.26. The van der Waals surface area contributed by atoms with Crippen molar-refractivity contribution in [3.63, 3.8) is 0 Å². The smallest absolute Gasteiger partial charge is 0.309 e. The van der Waals surface area contributed by atoms with Crippen molar-refractivity contribution in [2.24, 2.45) is 0 Å². The second-order valence-electron chi connectivity index (χ2n) is 3.21. The van der Waals surface area contributed by atoms with Gasteiger partial charge in [0, 0.05) is 31.0 Å². The highest BCUT2D eigenvalue weighted by Gasteiger charge is 2.13. The molecule has 0 spiro atoms. The molecule has 1 aromatic heterocycles. The maximum absolute atomic E-state index is 10.5. The SMILES string of the molecule is O=C(O)Cc1ccc2n1CCNC2. The number of nitrogens with one attached hydrogen (secondary N) is 1. The second kappa shape index (κ2) is 3.22. The van der Waals surface area contributed by atoms with Crippen molar-refractivity contribution in [2.75, 3.05) is 6.54 Å². The van der Waals surface area contributed by atoms with Gasteiger partial charge in [0.05, 0.1) is 6.42 Å². The molecule has 0 aromatic carbocycles. The van der Waals surface area contributed by atoms with Crippen molar-refractivity contribution < 1.29 is 9.90 Å². The van der Waals surface area contributed by atoms with Gasteiger partial charge >= 0.3 is 5.97 Å².